The van der Waals surface area contributed by atoms with Crippen LogP contribution in [0.15, 0.2) is 24.3 Å². The number of hydrogen-bond acceptors (Lipinski definition) is 3. The van der Waals surface area contributed by atoms with E-state index in [1.165, 1.54) is 12.1 Å². The molecular formula is C14H21FN2O3S. The van der Waals surface area contributed by atoms with Gasteiger partial charge in [0.1, 0.15) is 12.4 Å². The van der Waals surface area contributed by atoms with Crippen molar-refractivity contribution < 1.29 is 17.6 Å². The third kappa shape index (κ3) is 5.34. The van der Waals surface area contributed by atoms with Crippen LogP contribution >= 0.6 is 0 Å². The Bertz CT molecular complexity index is 585. The summed E-state index contributed by atoms with van der Waals surface area (Å²) in [6, 6.07) is 4.90. The smallest absolute Gasteiger partial charge is 0.240 e. The fraction of sp³-hybridized carbons (Fsp3) is 0.500. The molecule has 1 amide bonds. The highest BCUT2D eigenvalue weighted by atomic mass is 32.2. The van der Waals surface area contributed by atoms with E-state index in [4.69, 9.17) is 0 Å². The lowest BCUT2D eigenvalue weighted by atomic mass is 10.1. The summed E-state index contributed by atoms with van der Waals surface area (Å²) in [4.78, 5) is 12.0. The molecule has 0 aromatic heterocycles. The van der Waals surface area contributed by atoms with E-state index in [1.54, 1.807) is 0 Å². The minimum absolute atomic E-state index is 0.0628. The first kappa shape index (κ1) is 17.4. The molecule has 5 nitrogen and oxygen atoms in total. The molecule has 0 bridgehead atoms. The second kappa shape index (κ2) is 6.89. The molecule has 0 spiro atoms. The standard InChI is InChI=1S/C14H21FN2O3S/c1-10(2)11(3)16-14(18)9-17(21(4,19)20)13-7-5-12(15)6-8-13/h5-8,10-11H,9H2,1-4H3,(H,16,18). The van der Waals surface area contributed by atoms with Crippen LogP contribution < -0.4 is 9.62 Å². The number of nitrogens with one attached hydrogen (secondary N) is 1. The number of benzene rings is 1. The van der Waals surface area contributed by atoms with Crippen molar-refractivity contribution in [1.82, 2.24) is 5.32 Å². The van der Waals surface area contributed by atoms with Crippen molar-refractivity contribution in [3.63, 3.8) is 0 Å². The van der Waals surface area contributed by atoms with E-state index in [0.717, 1.165) is 22.7 Å². The van der Waals surface area contributed by atoms with Gasteiger partial charge in [0.05, 0.1) is 11.9 Å². The highest BCUT2D eigenvalue weighted by Crippen LogP contribution is 2.17. The first-order valence-corrected chi connectivity index (χ1v) is 8.48. The average Bonchev–Trinajstić information content (AvgIpc) is 2.35. The van der Waals surface area contributed by atoms with Gasteiger partial charge in [0, 0.05) is 6.04 Å². The summed E-state index contributed by atoms with van der Waals surface area (Å²) >= 11 is 0. The van der Waals surface area contributed by atoms with E-state index < -0.39 is 21.7 Å². The van der Waals surface area contributed by atoms with Crippen LogP contribution in [0.4, 0.5) is 10.1 Å². The number of halogens is 1. The van der Waals surface area contributed by atoms with Crippen LogP contribution in [-0.2, 0) is 14.8 Å². The number of anilines is 1. The van der Waals surface area contributed by atoms with Crippen LogP contribution in [0.25, 0.3) is 0 Å². The lowest BCUT2D eigenvalue weighted by molar-refractivity contribution is -0.120. The zero-order valence-electron chi connectivity index (χ0n) is 12.6. The Morgan fingerprint density at radius 3 is 2.19 bits per heavy atom. The van der Waals surface area contributed by atoms with Crippen molar-refractivity contribution >= 4 is 21.6 Å². The molecule has 7 heteroatoms. The largest absolute Gasteiger partial charge is 0.352 e. The van der Waals surface area contributed by atoms with Gasteiger partial charge in [-0.2, -0.15) is 0 Å². The number of rotatable bonds is 6. The fourth-order valence-corrected chi connectivity index (χ4v) is 2.46. The van der Waals surface area contributed by atoms with Crippen LogP contribution in [0.3, 0.4) is 0 Å². The summed E-state index contributed by atoms with van der Waals surface area (Å²) in [5, 5.41) is 2.74. The average molecular weight is 316 g/mol. The Hall–Kier alpha value is -1.63. The second-order valence-corrected chi connectivity index (χ2v) is 7.25. The first-order chi connectivity index (χ1) is 9.61. The van der Waals surface area contributed by atoms with E-state index in [0.29, 0.717) is 0 Å². The molecule has 0 saturated heterocycles. The molecule has 0 heterocycles. The Morgan fingerprint density at radius 1 is 1.24 bits per heavy atom. The van der Waals surface area contributed by atoms with E-state index in [1.807, 2.05) is 20.8 Å². The zero-order valence-corrected chi connectivity index (χ0v) is 13.4. The highest BCUT2D eigenvalue weighted by Gasteiger charge is 2.22. The van der Waals surface area contributed by atoms with Gasteiger partial charge in [-0.25, -0.2) is 12.8 Å². The van der Waals surface area contributed by atoms with Crippen molar-refractivity contribution in [2.75, 3.05) is 17.1 Å². The number of sulfonamides is 1. The molecule has 1 N–H and O–H groups in total. The molecule has 1 rings (SSSR count). The monoisotopic (exact) mass is 316 g/mol. The van der Waals surface area contributed by atoms with Gasteiger partial charge in [0.15, 0.2) is 0 Å². The van der Waals surface area contributed by atoms with Crippen molar-refractivity contribution in [1.29, 1.82) is 0 Å². The lowest BCUT2D eigenvalue weighted by Gasteiger charge is -2.24. The third-order valence-electron chi connectivity index (χ3n) is 3.19. The Balaban J connectivity index is 2.91. The highest BCUT2D eigenvalue weighted by molar-refractivity contribution is 7.92. The van der Waals surface area contributed by atoms with E-state index in [2.05, 4.69) is 5.32 Å². The summed E-state index contributed by atoms with van der Waals surface area (Å²) in [5.41, 5.74) is 0.256. The second-order valence-electron chi connectivity index (χ2n) is 5.35. The topological polar surface area (TPSA) is 66.5 Å². The minimum Gasteiger partial charge on any atom is -0.352 e. The van der Waals surface area contributed by atoms with Gasteiger partial charge in [-0.3, -0.25) is 9.10 Å². The summed E-state index contributed by atoms with van der Waals surface area (Å²) < 4.78 is 37.5. The van der Waals surface area contributed by atoms with Gasteiger partial charge in [-0.1, -0.05) is 13.8 Å². The summed E-state index contributed by atoms with van der Waals surface area (Å²) in [5.74, 6) is -0.623. The molecule has 0 radical (unpaired) electrons. The van der Waals surface area contributed by atoms with E-state index in [9.17, 15) is 17.6 Å². The van der Waals surface area contributed by atoms with Crippen LogP contribution in [0.1, 0.15) is 20.8 Å². The van der Waals surface area contributed by atoms with Crippen molar-refractivity contribution in [2.24, 2.45) is 5.92 Å². The van der Waals surface area contributed by atoms with Crippen LogP contribution in [0.5, 0.6) is 0 Å². The molecule has 0 saturated carbocycles. The van der Waals surface area contributed by atoms with Gasteiger partial charge in [0.2, 0.25) is 15.9 Å². The molecule has 1 aromatic rings. The first-order valence-electron chi connectivity index (χ1n) is 6.64. The lowest BCUT2D eigenvalue weighted by Crippen LogP contribution is -2.44. The molecular weight excluding hydrogens is 295 g/mol. The van der Waals surface area contributed by atoms with Gasteiger partial charge in [-0.05, 0) is 37.1 Å². The SMILES string of the molecule is CC(C)C(C)NC(=O)CN(c1ccc(F)cc1)S(C)(=O)=O. The van der Waals surface area contributed by atoms with Gasteiger partial charge >= 0.3 is 0 Å². The van der Waals surface area contributed by atoms with Gasteiger partial charge in [-0.15, -0.1) is 0 Å². The van der Waals surface area contributed by atoms with Crippen LogP contribution in [0, 0.1) is 11.7 Å². The predicted octanol–water partition coefficient (Wildman–Crippen LogP) is 1.75. The fourth-order valence-electron chi connectivity index (χ4n) is 1.60. The molecule has 1 unspecified atom stereocenters. The van der Waals surface area contributed by atoms with Crippen LogP contribution in [0.2, 0.25) is 0 Å². The Labute approximate surface area is 125 Å². The van der Waals surface area contributed by atoms with Gasteiger partial charge < -0.3 is 5.32 Å². The zero-order chi connectivity index (χ0) is 16.2. The maximum Gasteiger partial charge on any atom is 0.240 e. The number of hydrogen-bond donors (Lipinski definition) is 1. The van der Waals surface area contributed by atoms with Crippen molar-refractivity contribution in [3.05, 3.63) is 30.1 Å². The number of carbonyl (C=O) groups is 1. The minimum atomic E-state index is -3.63. The maximum atomic E-state index is 12.9. The Kier molecular flexibility index (Phi) is 5.71. The van der Waals surface area contributed by atoms with E-state index >= 15 is 0 Å². The molecule has 0 aliphatic rings. The van der Waals surface area contributed by atoms with Crippen LogP contribution in [-0.4, -0.2) is 33.2 Å². The molecule has 21 heavy (non-hydrogen) atoms. The molecule has 0 aliphatic carbocycles. The summed E-state index contributed by atoms with van der Waals surface area (Å²) in [7, 11) is -3.63. The molecule has 1 aromatic carbocycles. The van der Waals surface area contributed by atoms with Gasteiger partial charge in [0.25, 0.3) is 0 Å². The summed E-state index contributed by atoms with van der Waals surface area (Å²) in [6.45, 7) is 5.44. The third-order valence-corrected chi connectivity index (χ3v) is 4.33. The maximum absolute atomic E-state index is 12.9. The molecule has 1 atom stereocenters. The number of amides is 1. The number of carbonyl (C=O) groups excluding carboxylic acids is 1. The number of nitrogens with zero attached hydrogens (tertiary/aromatic N) is 1. The summed E-state index contributed by atoms with van der Waals surface area (Å²) in [6.07, 6.45) is 1.01. The normalized spacial score (nSPS) is 13.0. The predicted molar refractivity (Wildman–Crippen MR) is 81.0 cm³/mol. The molecule has 118 valence electrons. The van der Waals surface area contributed by atoms with Crippen molar-refractivity contribution in [2.45, 2.75) is 26.8 Å². The molecule has 0 aliphatic heterocycles. The molecule has 0 fully saturated rings. The quantitative estimate of drug-likeness (QED) is 0.869. The van der Waals surface area contributed by atoms with Crippen molar-refractivity contribution in [3.8, 4) is 0 Å². The van der Waals surface area contributed by atoms with E-state index in [-0.39, 0.29) is 24.2 Å². The Morgan fingerprint density at radius 2 is 1.76 bits per heavy atom.